The molecule has 0 saturated heterocycles. The zero-order valence-corrected chi connectivity index (χ0v) is 6.89. The Balaban J connectivity index is 0.000001000. The van der Waals surface area contributed by atoms with Gasteiger partial charge < -0.3 is 0 Å². The van der Waals surface area contributed by atoms with Gasteiger partial charge in [0.05, 0.1) is 0 Å². The molecule has 1 heteroatoms. The third-order valence-corrected chi connectivity index (χ3v) is 1.64. The van der Waals surface area contributed by atoms with E-state index in [9.17, 15) is 0 Å². The van der Waals surface area contributed by atoms with Crippen LogP contribution in [0.2, 0.25) is 0 Å². The summed E-state index contributed by atoms with van der Waals surface area (Å²) in [5.41, 5.74) is 1.69. The van der Waals surface area contributed by atoms with Crippen molar-refractivity contribution in [1.29, 1.82) is 0 Å². The molecule has 0 fully saturated rings. The van der Waals surface area contributed by atoms with Crippen LogP contribution >= 0.6 is 0 Å². The van der Waals surface area contributed by atoms with Gasteiger partial charge >= 0.3 is 18.9 Å². The van der Waals surface area contributed by atoms with Crippen LogP contribution in [0.4, 0.5) is 0 Å². The van der Waals surface area contributed by atoms with Gasteiger partial charge in [0.2, 0.25) is 0 Å². The number of hydrogen-bond donors (Lipinski definition) is 0. The molecule has 0 bridgehead atoms. The van der Waals surface area contributed by atoms with E-state index in [1.165, 1.54) is 5.56 Å². The Labute approximate surface area is 81.2 Å². The molecule has 0 aliphatic rings. The first-order valence-electron chi connectivity index (χ1n) is 3.66. The Bertz CT molecular complexity index is 196. The Morgan fingerprint density at radius 1 is 0.909 bits per heavy atom. The third kappa shape index (κ3) is 3.14. The van der Waals surface area contributed by atoms with Crippen molar-refractivity contribution in [3.05, 3.63) is 35.9 Å². The zero-order chi connectivity index (χ0) is 7.61. The molecule has 0 aliphatic carbocycles. The van der Waals surface area contributed by atoms with Gasteiger partial charge in [-0.2, -0.15) is 0 Å². The van der Waals surface area contributed by atoms with Gasteiger partial charge in [0, 0.05) is 0 Å². The number of rotatable bonds is 0. The van der Waals surface area contributed by atoms with Crippen molar-refractivity contribution in [2.24, 2.45) is 0 Å². The zero-order valence-electron chi connectivity index (χ0n) is 6.89. The van der Waals surface area contributed by atoms with E-state index in [0.717, 1.165) is 0 Å². The Kier molecular flexibility index (Phi) is 3.93. The maximum atomic E-state index is 2.22. The fourth-order valence-electron chi connectivity index (χ4n) is 0.938. The number of hydrogen-bond acceptors (Lipinski definition) is 0. The van der Waals surface area contributed by atoms with E-state index in [1.807, 2.05) is 0 Å². The second kappa shape index (κ2) is 4.00. The molecule has 0 N–H and O–H groups in total. The fourth-order valence-corrected chi connectivity index (χ4v) is 0.938. The summed E-state index contributed by atoms with van der Waals surface area (Å²) in [6.07, 6.45) is 0. The molecule has 1 rings (SSSR count). The van der Waals surface area contributed by atoms with Crippen LogP contribution in [0.3, 0.4) is 0 Å². The molecule has 0 nitrogen and oxygen atoms in total. The molecule has 0 aliphatic heterocycles. The van der Waals surface area contributed by atoms with Crippen LogP contribution in [0, 0.1) is 0 Å². The molecule has 11 heavy (non-hydrogen) atoms. The standard InChI is InChI=1S/C10H14.Li.H/c1-10(2,3)9-7-5-4-6-8-9;;/h4-8H,1-3H3;;. The van der Waals surface area contributed by atoms with Gasteiger partial charge in [-0.15, -0.1) is 0 Å². The van der Waals surface area contributed by atoms with Crippen LogP contribution in [0.1, 0.15) is 26.3 Å². The fraction of sp³-hybridized carbons (Fsp3) is 0.400. The summed E-state index contributed by atoms with van der Waals surface area (Å²) in [6.45, 7) is 6.67. The molecule has 0 unspecified atom stereocenters. The molecule has 0 saturated carbocycles. The van der Waals surface area contributed by atoms with Crippen molar-refractivity contribution in [3.8, 4) is 0 Å². The minimum absolute atomic E-state index is 0. The van der Waals surface area contributed by atoms with E-state index in [-0.39, 0.29) is 18.9 Å². The molecular weight excluding hydrogens is 127 g/mol. The van der Waals surface area contributed by atoms with Gasteiger partial charge in [0.25, 0.3) is 0 Å². The summed E-state index contributed by atoms with van der Waals surface area (Å²) < 4.78 is 0. The molecule has 0 aromatic heterocycles. The molecule has 0 heterocycles. The SMILES string of the molecule is CC(C)(C)c1ccccc1.[LiH]. The second-order valence-electron chi connectivity index (χ2n) is 3.62. The molecule has 0 spiro atoms. The topological polar surface area (TPSA) is 0 Å². The van der Waals surface area contributed by atoms with Crippen LogP contribution in [-0.4, -0.2) is 18.9 Å². The normalized spacial score (nSPS) is 10.5. The van der Waals surface area contributed by atoms with E-state index in [0.29, 0.717) is 5.41 Å². The van der Waals surface area contributed by atoms with E-state index in [2.05, 4.69) is 51.1 Å². The molecule has 1 aromatic rings. The van der Waals surface area contributed by atoms with Gasteiger partial charge in [0.15, 0.2) is 0 Å². The van der Waals surface area contributed by atoms with Crippen molar-refractivity contribution < 1.29 is 0 Å². The van der Waals surface area contributed by atoms with Crippen LogP contribution in [0.5, 0.6) is 0 Å². The Morgan fingerprint density at radius 3 is 1.64 bits per heavy atom. The molecule has 0 amide bonds. The Hall–Kier alpha value is -0.183. The minimum atomic E-state index is 0. The average Bonchev–Trinajstić information content (AvgIpc) is 1.88. The average molecular weight is 142 g/mol. The molecule has 56 valence electrons. The summed E-state index contributed by atoms with van der Waals surface area (Å²) in [4.78, 5) is 0. The van der Waals surface area contributed by atoms with Crippen molar-refractivity contribution in [2.75, 3.05) is 0 Å². The first-order valence-corrected chi connectivity index (χ1v) is 3.66. The first-order chi connectivity index (χ1) is 4.61. The van der Waals surface area contributed by atoms with Crippen LogP contribution in [0.25, 0.3) is 0 Å². The monoisotopic (exact) mass is 142 g/mol. The Morgan fingerprint density at radius 2 is 1.36 bits per heavy atom. The molecule has 1 aromatic carbocycles. The quantitative estimate of drug-likeness (QED) is 0.488. The summed E-state index contributed by atoms with van der Waals surface area (Å²) >= 11 is 0. The van der Waals surface area contributed by atoms with Crippen molar-refractivity contribution in [2.45, 2.75) is 26.2 Å². The molecular formula is C10H15Li. The van der Waals surface area contributed by atoms with Crippen molar-refractivity contribution in [1.82, 2.24) is 0 Å². The summed E-state index contributed by atoms with van der Waals surface area (Å²) in [7, 11) is 0. The van der Waals surface area contributed by atoms with Gasteiger partial charge in [0.1, 0.15) is 0 Å². The van der Waals surface area contributed by atoms with Gasteiger partial charge in [-0.05, 0) is 11.0 Å². The predicted octanol–water partition coefficient (Wildman–Crippen LogP) is 2.34. The summed E-state index contributed by atoms with van der Waals surface area (Å²) in [6, 6.07) is 10.6. The van der Waals surface area contributed by atoms with Crippen molar-refractivity contribution in [3.63, 3.8) is 0 Å². The van der Waals surface area contributed by atoms with Crippen LogP contribution in [0.15, 0.2) is 30.3 Å². The van der Waals surface area contributed by atoms with Crippen molar-refractivity contribution >= 4 is 18.9 Å². The summed E-state index contributed by atoms with van der Waals surface area (Å²) in [5.74, 6) is 0. The van der Waals surface area contributed by atoms with E-state index in [1.54, 1.807) is 0 Å². The second-order valence-corrected chi connectivity index (χ2v) is 3.62. The van der Waals surface area contributed by atoms with Gasteiger partial charge in [-0.25, -0.2) is 0 Å². The van der Waals surface area contributed by atoms with Crippen LogP contribution in [-0.2, 0) is 5.41 Å². The van der Waals surface area contributed by atoms with Gasteiger partial charge in [-0.3, -0.25) is 0 Å². The first kappa shape index (κ1) is 10.8. The van der Waals surface area contributed by atoms with Crippen LogP contribution < -0.4 is 0 Å². The number of benzene rings is 1. The summed E-state index contributed by atoms with van der Waals surface area (Å²) in [5, 5.41) is 0. The van der Waals surface area contributed by atoms with E-state index in [4.69, 9.17) is 0 Å². The van der Waals surface area contributed by atoms with Gasteiger partial charge in [-0.1, -0.05) is 51.1 Å². The maximum absolute atomic E-state index is 2.22. The molecule has 0 atom stereocenters. The third-order valence-electron chi connectivity index (χ3n) is 1.64. The van der Waals surface area contributed by atoms with E-state index < -0.39 is 0 Å². The molecule has 0 radical (unpaired) electrons. The predicted molar refractivity (Wildman–Crippen MR) is 52.3 cm³/mol. The van der Waals surface area contributed by atoms with E-state index >= 15 is 0 Å².